The Morgan fingerprint density at radius 1 is 1.06 bits per heavy atom. The molecule has 3 rings (SSSR count). The van der Waals surface area contributed by atoms with E-state index in [1.807, 2.05) is 0 Å². The van der Waals surface area contributed by atoms with Gasteiger partial charge in [-0.25, -0.2) is 8.42 Å². The van der Waals surface area contributed by atoms with Crippen LogP contribution in [-0.4, -0.2) is 62.8 Å². The normalized spacial score (nSPS) is 21.3. The van der Waals surface area contributed by atoms with Crippen molar-refractivity contribution < 1.29 is 13.2 Å². The predicted molar refractivity (Wildman–Crippen MR) is 125 cm³/mol. The van der Waals surface area contributed by atoms with Crippen LogP contribution >= 0.6 is 0 Å². The third-order valence-corrected chi connectivity index (χ3v) is 8.73. The molecule has 1 aromatic carbocycles. The number of hydrogen-bond donors (Lipinski definition) is 1. The van der Waals surface area contributed by atoms with Crippen LogP contribution in [0.2, 0.25) is 0 Å². The molecule has 1 atom stereocenters. The van der Waals surface area contributed by atoms with Gasteiger partial charge in [0.2, 0.25) is 10.0 Å². The van der Waals surface area contributed by atoms with Crippen LogP contribution in [0.25, 0.3) is 0 Å². The van der Waals surface area contributed by atoms with Crippen molar-refractivity contribution >= 4 is 15.9 Å². The smallest absolute Gasteiger partial charge is 0.251 e. The van der Waals surface area contributed by atoms with E-state index in [0.29, 0.717) is 12.1 Å². The Morgan fingerprint density at radius 2 is 1.77 bits per heavy atom. The Bertz CT molecular complexity index is 804. The molecule has 0 bridgehead atoms. The van der Waals surface area contributed by atoms with Gasteiger partial charge in [-0.2, -0.15) is 4.31 Å². The maximum absolute atomic E-state index is 12.9. The lowest BCUT2D eigenvalue weighted by Gasteiger charge is -2.30. The van der Waals surface area contributed by atoms with Gasteiger partial charge in [-0.15, -0.1) is 0 Å². The SMILES string of the molecule is CC1CCCN(CCCCNC(=O)c2ccc(S(=O)(=O)N(C)C3CCCCC3)cc2)C1. The molecule has 31 heavy (non-hydrogen) atoms. The van der Waals surface area contributed by atoms with Gasteiger partial charge < -0.3 is 10.2 Å². The Labute approximate surface area is 188 Å². The van der Waals surface area contributed by atoms with Gasteiger partial charge in [-0.1, -0.05) is 26.2 Å². The minimum Gasteiger partial charge on any atom is -0.352 e. The summed E-state index contributed by atoms with van der Waals surface area (Å²) in [4.78, 5) is 15.2. The van der Waals surface area contributed by atoms with Gasteiger partial charge in [0.15, 0.2) is 0 Å². The van der Waals surface area contributed by atoms with E-state index in [4.69, 9.17) is 0 Å². The molecule has 1 aromatic rings. The lowest BCUT2D eigenvalue weighted by Crippen LogP contribution is -2.38. The molecule has 1 heterocycles. The highest BCUT2D eigenvalue weighted by atomic mass is 32.2. The number of hydrogen-bond acceptors (Lipinski definition) is 4. The average molecular weight is 450 g/mol. The van der Waals surface area contributed by atoms with E-state index >= 15 is 0 Å². The molecule has 2 aliphatic rings. The van der Waals surface area contributed by atoms with Crippen molar-refractivity contribution in [2.45, 2.75) is 75.6 Å². The third kappa shape index (κ3) is 6.77. The van der Waals surface area contributed by atoms with Crippen molar-refractivity contribution in [3.05, 3.63) is 29.8 Å². The summed E-state index contributed by atoms with van der Waals surface area (Å²) in [6.07, 6.45) is 9.86. The fourth-order valence-corrected chi connectivity index (χ4v) is 6.26. The number of piperidine rings is 1. The quantitative estimate of drug-likeness (QED) is 0.581. The van der Waals surface area contributed by atoms with Crippen molar-refractivity contribution in [3.8, 4) is 0 Å². The van der Waals surface area contributed by atoms with Crippen LogP contribution in [-0.2, 0) is 10.0 Å². The number of unbranched alkanes of at least 4 members (excludes halogenated alkanes) is 1. The van der Waals surface area contributed by atoms with E-state index in [0.717, 1.165) is 51.0 Å². The molecule has 6 nitrogen and oxygen atoms in total. The number of likely N-dealkylation sites (tertiary alicyclic amines) is 1. The summed E-state index contributed by atoms with van der Waals surface area (Å²) >= 11 is 0. The summed E-state index contributed by atoms with van der Waals surface area (Å²) in [5.41, 5.74) is 0.504. The number of rotatable bonds is 9. The van der Waals surface area contributed by atoms with E-state index in [1.165, 1.54) is 36.7 Å². The fraction of sp³-hybridized carbons (Fsp3) is 0.708. The van der Waals surface area contributed by atoms with Gasteiger partial charge in [0.25, 0.3) is 5.91 Å². The van der Waals surface area contributed by atoms with E-state index in [9.17, 15) is 13.2 Å². The minimum absolute atomic E-state index is 0.0786. The Hall–Kier alpha value is -1.44. The molecule has 1 saturated carbocycles. The van der Waals surface area contributed by atoms with Crippen molar-refractivity contribution in [2.75, 3.05) is 33.2 Å². The van der Waals surface area contributed by atoms with Crippen LogP contribution in [0, 0.1) is 5.92 Å². The zero-order valence-electron chi connectivity index (χ0n) is 19.2. The minimum atomic E-state index is -3.52. The first-order valence-electron chi connectivity index (χ1n) is 12.0. The van der Waals surface area contributed by atoms with Gasteiger partial charge >= 0.3 is 0 Å². The second-order valence-electron chi connectivity index (χ2n) is 9.35. The highest BCUT2D eigenvalue weighted by Gasteiger charge is 2.29. The molecule has 0 spiro atoms. The number of carbonyl (C=O) groups excluding carboxylic acids is 1. The van der Waals surface area contributed by atoms with Crippen LogP contribution in [0.15, 0.2) is 29.2 Å². The summed E-state index contributed by atoms with van der Waals surface area (Å²) in [5.74, 6) is 0.652. The van der Waals surface area contributed by atoms with Crippen LogP contribution in [0.4, 0.5) is 0 Å². The molecular formula is C24H39N3O3S. The van der Waals surface area contributed by atoms with Gasteiger partial charge in [0.05, 0.1) is 4.90 Å². The Morgan fingerprint density at radius 3 is 2.45 bits per heavy atom. The first-order chi connectivity index (χ1) is 14.9. The zero-order chi connectivity index (χ0) is 22.3. The lowest BCUT2D eigenvalue weighted by atomic mass is 9.96. The van der Waals surface area contributed by atoms with Crippen molar-refractivity contribution in [1.82, 2.24) is 14.5 Å². The van der Waals surface area contributed by atoms with Crippen molar-refractivity contribution in [3.63, 3.8) is 0 Å². The van der Waals surface area contributed by atoms with Crippen molar-refractivity contribution in [2.24, 2.45) is 5.92 Å². The predicted octanol–water partition coefficient (Wildman–Crippen LogP) is 3.88. The number of carbonyl (C=O) groups is 1. The van der Waals surface area contributed by atoms with Crippen molar-refractivity contribution in [1.29, 1.82) is 0 Å². The second-order valence-corrected chi connectivity index (χ2v) is 11.3. The largest absolute Gasteiger partial charge is 0.352 e. The van der Waals surface area contributed by atoms with Gasteiger partial charge in [-0.05, 0) is 81.8 Å². The molecule has 1 saturated heterocycles. The summed E-state index contributed by atoms with van der Waals surface area (Å²) in [7, 11) is -1.85. The second kappa shape index (κ2) is 11.4. The highest BCUT2D eigenvalue weighted by Crippen LogP contribution is 2.26. The summed E-state index contributed by atoms with van der Waals surface area (Å²) in [5, 5.41) is 2.96. The fourth-order valence-electron chi connectivity index (χ4n) is 4.84. The summed E-state index contributed by atoms with van der Waals surface area (Å²) < 4.78 is 27.4. The molecule has 2 fully saturated rings. The van der Waals surface area contributed by atoms with E-state index in [1.54, 1.807) is 31.3 Å². The first-order valence-corrected chi connectivity index (χ1v) is 13.4. The number of nitrogens with zero attached hydrogens (tertiary/aromatic N) is 2. The zero-order valence-corrected chi connectivity index (χ0v) is 20.0. The van der Waals surface area contributed by atoms with Crippen LogP contribution < -0.4 is 5.32 Å². The standard InChI is InChI=1S/C24H39N3O3S/c1-20-9-8-18-27(19-20)17-7-6-16-25-24(28)21-12-14-23(15-13-21)31(29,30)26(2)22-10-4-3-5-11-22/h12-15,20,22H,3-11,16-19H2,1-2H3,(H,25,28). The number of sulfonamides is 1. The number of nitrogens with one attached hydrogen (secondary N) is 1. The molecule has 1 N–H and O–H groups in total. The van der Waals surface area contributed by atoms with Gasteiger partial charge in [-0.3, -0.25) is 4.79 Å². The maximum Gasteiger partial charge on any atom is 0.251 e. The lowest BCUT2D eigenvalue weighted by molar-refractivity contribution is 0.0952. The third-order valence-electron chi connectivity index (χ3n) is 6.81. The van der Waals surface area contributed by atoms with E-state index < -0.39 is 10.0 Å². The number of benzene rings is 1. The molecular weight excluding hydrogens is 410 g/mol. The van der Waals surface area contributed by atoms with E-state index in [2.05, 4.69) is 17.1 Å². The molecule has 1 aliphatic carbocycles. The topological polar surface area (TPSA) is 69.7 Å². The molecule has 1 aliphatic heterocycles. The molecule has 1 amide bonds. The highest BCUT2D eigenvalue weighted by molar-refractivity contribution is 7.89. The molecule has 1 unspecified atom stereocenters. The van der Waals surface area contributed by atoms with Crippen LogP contribution in [0.3, 0.4) is 0 Å². The number of amides is 1. The average Bonchev–Trinajstić information content (AvgIpc) is 2.79. The molecule has 7 heteroatoms. The Balaban J connectivity index is 1.44. The van der Waals surface area contributed by atoms with Crippen LogP contribution in [0.5, 0.6) is 0 Å². The summed E-state index contributed by atoms with van der Waals surface area (Å²) in [6.45, 7) is 6.45. The van der Waals surface area contributed by atoms with Gasteiger partial charge in [0.1, 0.15) is 0 Å². The molecule has 0 aromatic heterocycles. The van der Waals surface area contributed by atoms with E-state index in [-0.39, 0.29) is 16.8 Å². The first kappa shape index (κ1) is 24.2. The molecule has 174 valence electrons. The Kier molecular flexibility index (Phi) is 8.93. The maximum atomic E-state index is 12.9. The molecule has 0 radical (unpaired) electrons. The van der Waals surface area contributed by atoms with Gasteiger partial charge in [0, 0.05) is 31.7 Å². The monoisotopic (exact) mass is 449 g/mol. The van der Waals surface area contributed by atoms with Crippen LogP contribution in [0.1, 0.15) is 75.1 Å². The summed E-state index contributed by atoms with van der Waals surface area (Å²) in [6, 6.07) is 6.43.